The molecule has 0 aromatic heterocycles. The lowest BCUT2D eigenvalue weighted by atomic mass is 10.2. The van der Waals surface area contributed by atoms with Crippen molar-refractivity contribution in [1.82, 2.24) is 4.90 Å². The molecule has 0 aliphatic carbocycles. The topological polar surface area (TPSA) is 57.7 Å². The Bertz CT molecular complexity index is 793. The SMILES string of the molecule is O=C(CN1CCS(=O)(=O)CC1)N(Cc1ccccc1)c1ccccc1. The quantitative estimate of drug-likeness (QED) is 0.820. The monoisotopic (exact) mass is 358 g/mol. The van der Waals surface area contributed by atoms with Gasteiger partial charge in [-0.05, 0) is 17.7 Å². The summed E-state index contributed by atoms with van der Waals surface area (Å²) in [7, 11) is -2.94. The number of benzene rings is 2. The summed E-state index contributed by atoms with van der Waals surface area (Å²) in [6.45, 7) is 1.57. The summed E-state index contributed by atoms with van der Waals surface area (Å²) in [5, 5.41) is 0. The molecule has 0 bridgehead atoms. The lowest BCUT2D eigenvalue weighted by Crippen LogP contribution is -2.46. The van der Waals surface area contributed by atoms with Gasteiger partial charge >= 0.3 is 0 Å². The van der Waals surface area contributed by atoms with Gasteiger partial charge in [-0.15, -0.1) is 0 Å². The molecule has 0 atom stereocenters. The van der Waals surface area contributed by atoms with Crippen LogP contribution in [0.15, 0.2) is 60.7 Å². The van der Waals surface area contributed by atoms with Crippen LogP contribution < -0.4 is 4.90 Å². The standard InChI is InChI=1S/C19H22N2O3S/c22-19(16-20-11-13-25(23,24)14-12-20)21(18-9-5-2-6-10-18)15-17-7-3-1-4-8-17/h1-10H,11-16H2. The molecule has 1 fully saturated rings. The van der Waals surface area contributed by atoms with Gasteiger partial charge in [0.1, 0.15) is 0 Å². The second-order valence-electron chi connectivity index (χ2n) is 6.23. The van der Waals surface area contributed by atoms with Gasteiger partial charge in [-0.1, -0.05) is 48.5 Å². The molecule has 2 aromatic rings. The van der Waals surface area contributed by atoms with Gasteiger partial charge < -0.3 is 4.90 Å². The van der Waals surface area contributed by atoms with E-state index in [9.17, 15) is 13.2 Å². The van der Waals surface area contributed by atoms with Crippen LogP contribution >= 0.6 is 0 Å². The van der Waals surface area contributed by atoms with Crippen LogP contribution in [-0.4, -0.2) is 50.4 Å². The van der Waals surface area contributed by atoms with E-state index in [1.54, 1.807) is 4.90 Å². The molecule has 5 nitrogen and oxygen atoms in total. The molecule has 0 radical (unpaired) electrons. The van der Waals surface area contributed by atoms with Crippen LogP contribution in [0.1, 0.15) is 5.56 Å². The highest BCUT2D eigenvalue weighted by Crippen LogP contribution is 2.18. The van der Waals surface area contributed by atoms with E-state index in [-0.39, 0.29) is 24.0 Å². The van der Waals surface area contributed by atoms with Crippen LogP contribution in [0.3, 0.4) is 0 Å². The zero-order valence-corrected chi connectivity index (χ0v) is 14.9. The van der Waals surface area contributed by atoms with E-state index in [0.717, 1.165) is 11.3 Å². The van der Waals surface area contributed by atoms with E-state index < -0.39 is 9.84 Å². The zero-order chi connectivity index (χ0) is 17.7. The molecule has 1 heterocycles. The Labute approximate surface area is 148 Å². The van der Waals surface area contributed by atoms with E-state index in [2.05, 4.69) is 0 Å². The van der Waals surface area contributed by atoms with Gasteiger partial charge in [0.05, 0.1) is 24.6 Å². The molecule has 6 heteroatoms. The van der Waals surface area contributed by atoms with Crippen molar-refractivity contribution in [2.24, 2.45) is 0 Å². The second-order valence-corrected chi connectivity index (χ2v) is 8.53. The van der Waals surface area contributed by atoms with Crippen LogP contribution in [0.2, 0.25) is 0 Å². The minimum absolute atomic E-state index is 0.0191. The van der Waals surface area contributed by atoms with Crippen LogP contribution in [0.5, 0.6) is 0 Å². The summed E-state index contributed by atoms with van der Waals surface area (Å²) in [6.07, 6.45) is 0. The third kappa shape index (κ3) is 4.90. The third-order valence-electron chi connectivity index (χ3n) is 4.35. The van der Waals surface area contributed by atoms with Gasteiger partial charge in [0.15, 0.2) is 9.84 Å². The van der Waals surface area contributed by atoms with Crippen molar-refractivity contribution in [3.8, 4) is 0 Å². The summed E-state index contributed by atoms with van der Waals surface area (Å²) in [4.78, 5) is 16.6. The number of sulfone groups is 1. The maximum Gasteiger partial charge on any atom is 0.241 e. The number of hydrogen-bond donors (Lipinski definition) is 0. The number of nitrogens with zero attached hydrogens (tertiary/aromatic N) is 2. The maximum atomic E-state index is 12.9. The number of carbonyl (C=O) groups excluding carboxylic acids is 1. The normalized spacial score (nSPS) is 17.1. The van der Waals surface area contributed by atoms with Crippen LogP contribution in [0.4, 0.5) is 5.69 Å². The van der Waals surface area contributed by atoms with Crippen molar-refractivity contribution < 1.29 is 13.2 Å². The first-order valence-electron chi connectivity index (χ1n) is 8.36. The molecular formula is C19H22N2O3S. The van der Waals surface area contributed by atoms with Crippen LogP contribution in [-0.2, 0) is 21.2 Å². The zero-order valence-electron chi connectivity index (χ0n) is 14.0. The fourth-order valence-electron chi connectivity index (χ4n) is 2.88. The van der Waals surface area contributed by atoms with E-state index in [4.69, 9.17) is 0 Å². The summed E-state index contributed by atoms with van der Waals surface area (Å²) >= 11 is 0. The molecule has 1 amide bonds. The lowest BCUT2D eigenvalue weighted by Gasteiger charge is -2.29. The van der Waals surface area contributed by atoms with Gasteiger partial charge in [0, 0.05) is 18.8 Å². The highest BCUT2D eigenvalue weighted by atomic mass is 32.2. The number of para-hydroxylation sites is 1. The Morgan fingerprint density at radius 3 is 2.08 bits per heavy atom. The van der Waals surface area contributed by atoms with Crippen molar-refractivity contribution in [3.63, 3.8) is 0 Å². The average molecular weight is 358 g/mol. The van der Waals surface area contributed by atoms with Gasteiger partial charge in [-0.25, -0.2) is 8.42 Å². The van der Waals surface area contributed by atoms with Gasteiger partial charge in [0.2, 0.25) is 5.91 Å². The Morgan fingerprint density at radius 2 is 1.48 bits per heavy atom. The van der Waals surface area contributed by atoms with Crippen molar-refractivity contribution in [2.75, 3.05) is 36.0 Å². The Balaban J connectivity index is 1.73. The molecule has 0 N–H and O–H groups in total. The fraction of sp³-hybridized carbons (Fsp3) is 0.316. The number of anilines is 1. The Kier molecular flexibility index (Phi) is 5.50. The first kappa shape index (κ1) is 17.6. The summed E-state index contributed by atoms with van der Waals surface area (Å²) < 4.78 is 23.1. The summed E-state index contributed by atoms with van der Waals surface area (Å²) in [5.74, 6) is 0.239. The van der Waals surface area contributed by atoms with Crippen molar-refractivity contribution in [1.29, 1.82) is 0 Å². The smallest absolute Gasteiger partial charge is 0.241 e. The number of hydrogen-bond acceptors (Lipinski definition) is 4. The van der Waals surface area contributed by atoms with E-state index in [0.29, 0.717) is 19.6 Å². The molecule has 1 saturated heterocycles. The fourth-order valence-corrected chi connectivity index (χ4v) is 4.16. The number of amides is 1. The van der Waals surface area contributed by atoms with Gasteiger partial charge in [-0.2, -0.15) is 0 Å². The first-order chi connectivity index (χ1) is 12.0. The van der Waals surface area contributed by atoms with Gasteiger partial charge in [-0.3, -0.25) is 9.69 Å². The maximum absolute atomic E-state index is 12.9. The third-order valence-corrected chi connectivity index (χ3v) is 5.96. The summed E-state index contributed by atoms with van der Waals surface area (Å²) in [5.41, 5.74) is 1.90. The molecular weight excluding hydrogens is 336 g/mol. The van der Waals surface area contributed by atoms with E-state index >= 15 is 0 Å². The summed E-state index contributed by atoms with van der Waals surface area (Å²) in [6, 6.07) is 19.4. The highest BCUT2D eigenvalue weighted by Gasteiger charge is 2.25. The Morgan fingerprint density at radius 1 is 0.920 bits per heavy atom. The van der Waals surface area contributed by atoms with Crippen molar-refractivity contribution in [3.05, 3.63) is 66.2 Å². The molecule has 2 aromatic carbocycles. The van der Waals surface area contributed by atoms with Crippen LogP contribution in [0, 0.1) is 0 Å². The molecule has 0 unspecified atom stereocenters. The second kappa shape index (κ2) is 7.80. The molecule has 0 saturated carbocycles. The average Bonchev–Trinajstić information content (AvgIpc) is 2.63. The molecule has 1 aliphatic heterocycles. The first-order valence-corrected chi connectivity index (χ1v) is 10.2. The molecule has 0 spiro atoms. The highest BCUT2D eigenvalue weighted by molar-refractivity contribution is 7.91. The Hall–Kier alpha value is -2.18. The van der Waals surface area contributed by atoms with E-state index in [1.165, 1.54) is 0 Å². The largest absolute Gasteiger partial charge is 0.307 e. The van der Waals surface area contributed by atoms with Crippen LogP contribution in [0.25, 0.3) is 0 Å². The molecule has 132 valence electrons. The van der Waals surface area contributed by atoms with Gasteiger partial charge in [0.25, 0.3) is 0 Å². The predicted octanol–water partition coefficient (Wildman–Crippen LogP) is 1.95. The number of carbonyl (C=O) groups is 1. The molecule has 25 heavy (non-hydrogen) atoms. The van der Waals surface area contributed by atoms with Crippen molar-refractivity contribution in [2.45, 2.75) is 6.54 Å². The minimum Gasteiger partial charge on any atom is -0.307 e. The predicted molar refractivity (Wildman–Crippen MR) is 99.2 cm³/mol. The van der Waals surface area contributed by atoms with Crippen molar-refractivity contribution >= 4 is 21.4 Å². The number of rotatable bonds is 5. The molecule has 1 aliphatic rings. The van der Waals surface area contributed by atoms with E-state index in [1.807, 2.05) is 65.6 Å². The molecule has 3 rings (SSSR count). The lowest BCUT2D eigenvalue weighted by molar-refractivity contribution is -0.119. The minimum atomic E-state index is -2.94.